The molecule has 0 aliphatic heterocycles. The number of hydrogen-bond acceptors (Lipinski definition) is 1. The van der Waals surface area contributed by atoms with Crippen LogP contribution in [0.3, 0.4) is 0 Å². The molecule has 0 atom stereocenters. The maximum Gasteiger partial charge on any atom is 0.00315 e. The van der Waals surface area contributed by atoms with Crippen LogP contribution in [-0.2, 0) is 0 Å². The third-order valence-electron chi connectivity index (χ3n) is 0.868. The summed E-state index contributed by atoms with van der Waals surface area (Å²) in [4.78, 5) is 0. The topological polar surface area (TPSA) is 0 Å². The van der Waals surface area contributed by atoms with Gasteiger partial charge in [-0.25, -0.2) is 0 Å². The van der Waals surface area contributed by atoms with Gasteiger partial charge in [0.1, 0.15) is 0 Å². The summed E-state index contributed by atoms with van der Waals surface area (Å²) in [7, 11) is 0. The lowest BCUT2D eigenvalue weighted by Gasteiger charge is -1.92. The van der Waals surface area contributed by atoms with Crippen molar-refractivity contribution < 1.29 is 0 Å². The lowest BCUT2D eigenvalue weighted by molar-refractivity contribution is 0.886. The minimum atomic E-state index is 0.697. The van der Waals surface area contributed by atoms with Gasteiger partial charge in [0, 0.05) is 5.25 Å². The zero-order chi connectivity index (χ0) is 11.1. The summed E-state index contributed by atoms with van der Waals surface area (Å²) in [6.45, 7) is 16.5. The molecule has 0 fully saturated rings. The zero-order valence-corrected chi connectivity index (χ0v) is 11.2. The number of unbranched alkanes of at least 4 members (excludes halogenated alkanes) is 1. The monoisotopic (exact) mass is 204 g/mol. The summed E-state index contributed by atoms with van der Waals surface area (Å²) in [6, 6.07) is 0. The fourth-order valence-electron chi connectivity index (χ4n) is 0.192. The summed E-state index contributed by atoms with van der Waals surface area (Å²) in [5, 5.41) is 2.56. The van der Waals surface area contributed by atoms with Crippen molar-refractivity contribution >= 4 is 11.8 Å². The van der Waals surface area contributed by atoms with Crippen molar-refractivity contribution in [1.29, 1.82) is 0 Å². The van der Waals surface area contributed by atoms with Gasteiger partial charge in [0.2, 0.25) is 0 Å². The molecule has 0 aromatic rings. The molecular weight excluding hydrogens is 176 g/mol. The normalized spacial score (nSPS) is 7.92. The van der Waals surface area contributed by atoms with Gasteiger partial charge in [0.25, 0.3) is 0 Å². The van der Waals surface area contributed by atoms with E-state index in [9.17, 15) is 0 Å². The molecule has 0 aromatic heterocycles. The molecule has 0 spiro atoms. The third-order valence-corrected chi connectivity index (χ3v) is 1.61. The maximum atomic E-state index is 3.56. The van der Waals surface area contributed by atoms with E-state index in [0.29, 0.717) is 5.25 Å². The van der Waals surface area contributed by atoms with Gasteiger partial charge in [-0.15, -0.1) is 11.8 Å². The predicted octanol–water partition coefficient (Wildman–Crippen LogP) is 5.49. The molecule has 0 aromatic carbocycles. The van der Waals surface area contributed by atoms with E-state index in [-0.39, 0.29) is 0 Å². The van der Waals surface area contributed by atoms with E-state index in [0.717, 1.165) is 0 Å². The van der Waals surface area contributed by atoms with Crippen molar-refractivity contribution in [2.45, 2.75) is 66.1 Å². The van der Waals surface area contributed by atoms with E-state index < -0.39 is 0 Å². The first-order valence-corrected chi connectivity index (χ1v) is 6.31. The second-order valence-electron chi connectivity index (χ2n) is 3.06. The van der Waals surface area contributed by atoms with Gasteiger partial charge in [-0.1, -0.05) is 67.4 Å². The molecule has 0 aliphatic rings. The highest BCUT2D eigenvalue weighted by Crippen LogP contribution is 2.07. The molecule has 0 saturated carbocycles. The van der Waals surface area contributed by atoms with E-state index in [1.165, 1.54) is 19.3 Å². The van der Waals surface area contributed by atoms with Crippen LogP contribution < -0.4 is 0 Å². The average Bonchev–Trinajstić information content (AvgIpc) is 2.06. The van der Waals surface area contributed by atoms with Crippen LogP contribution in [0.25, 0.3) is 0 Å². The smallest absolute Gasteiger partial charge is 0.00315 e. The summed E-state index contributed by atoms with van der Waals surface area (Å²) in [5.74, 6) is 0. The Balaban J connectivity index is -0.000000125. The first kappa shape index (κ1) is 18.8. The van der Waals surface area contributed by atoms with Crippen LogP contribution in [0.5, 0.6) is 0 Å². The van der Waals surface area contributed by atoms with Crippen LogP contribution in [0.15, 0.2) is 12.0 Å². The second kappa shape index (κ2) is 22.7. The molecule has 0 rings (SSSR count). The summed E-state index contributed by atoms with van der Waals surface area (Å²) in [5.41, 5.74) is 0. The number of rotatable bonds is 3. The van der Waals surface area contributed by atoms with E-state index in [1.54, 1.807) is 11.8 Å². The standard InChI is InChI=1S/C5H10S.C4H10.C3H8/c1-4-6-5(2)3;1-3-4-2;1-3-2/h4-5H,1H2,2-3H3;3-4H2,1-2H3;3H2,1-2H3. The van der Waals surface area contributed by atoms with Gasteiger partial charge in [-0.3, -0.25) is 0 Å². The SMILES string of the molecule is C=CSC(C)C.CCC.CCCC. The Morgan fingerprint density at radius 3 is 1.38 bits per heavy atom. The Kier molecular flexibility index (Phi) is 32.8. The Labute approximate surface area is 90.2 Å². The van der Waals surface area contributed by atoms with Crippen LogP contribution in [0.2, 0.25) is 0 Å². The molecule has 13 heavy (non-hydrogen) atoms. The van der Waals surface area contributed by atoms with Crippen LogP contribution in [0.4, 0.5) is 0 Å². The van der Waals surface area contributed by atoms with Crippen LogP contribution in [0, 0.1) is 0 Å². The third kappa shape index (κ3) is 73.6. The average molecular weight is 204 g/mol. The molecule has 82 valence electrons. The largest absolute Gasteiger partial charge is 0.132 e. The predicted molar refractivity (Wildman–Crippen MR) is 69.5 cm³/mol. The van der Waals surface area contributed by atoms with Gasteiger partial charge in [-0.2, -0.15) is 0 Å². The fourth-order valence-corrected chi connectivity index (χ4v) is 0.577. The zero-order valence-electron chi connectivity index (χ0n) is 10.4. The lowest BCUT2D eigenvalue weighted by atomic mass is 10.4. The molecule has 0 aliphatic carbocycles. The van der Waals surface area contributed by atoms with Gasteiger partial charge < -0.3 is 0 Å². The minimum absolute atomic E-state index is 0.697. The second-order valence-corrected chi connectivity index (χ2v) is 4.61. The van der Waals surface area contributed by atoms with E-state index in [2.05, 4.69) is 48.1 Å². The van der Waals surface area contributed by atoms with Crippen molar-refractivity contribution in [3.05, 3.63) is 12.0 Å². The van der Waals surface area contributed by atoms with Crippen LogP contribution >= 0.6 is 11.8 Å². The van der Waals surface area contributed by atoms with Gasteiger partial charge in [0.05, 0.1) is 0 Å². The molecule has 0 heterocycles. The summed E-state index contributed by atoms with van der Waals surface area (Å²) in [6.07, 6.45) is 3.89. The fraction of sp³-hybridized carbons (Fsp3) is 0.833. The first-order chi connectivity index (χ1) is 6.10. The highest BCUT2D eigenvalue weighted by Gasteiger charge is 1.82. The van der Waals surface area contributed by atoms with Gasteiger partial charge >= 0.3 is 0 Å². The quantitative estimate of drug-likeness (QED) is 0.585. The number of hydrogen-bond donors (Lipinski definition) is 0. The molecule has 0 saturated heterocycles. The Morgan fingerprint density at radius 2 is 1.38 bits per heavy atom. The first-order valence-electron chi connectivity index (χ1n) is 5.36. The van der Waals surface area contributed by atoms with Crippen molar-refractivity contribution in [3.63, 3.8) is 0 Å². The Morgan fingerprint density at radius 1 is 1.08 bits per heavy atom. The summed E-state index contributed by atoms with van der Waals surface area (Å²) >= 11 is 1.75. The van der Waals surface area contributed by atoms with E-state index in [4.69, 9.17) is 0 Å². The van der Waals surface area contributed by atoms with Crippen molar-refractivity contribution in [1.82, 2.24) is 0 Å². The highest BCUT2D eigenvalue weighted by atomic mass is 32.2. The van der Waals surface area contributed by atoms with Crippen molar-refractivity contribution in [3.8, 4) is 0 Å². The molecular formula is C12H28S. The molecule has 0 amide bonds. The highest BCUT2D eigenvalue weighted by molar-refractivity contribution is 8.02. The maximum absolute atomic E-state index is 3.56. The lowest BCUT2D eigenvalue weighted by Crippen LogP contribution is -1.78. The Bertz CT molecular complexity index is 65.5. The van der Waals surface area contributed by atoms with E-state index in [1.807, 2.05) is 5.41 Å². The van der Waals surface area contributed by atoms with Crippen molar-refractivity contribution in [2.75, 3.05) is 0 Å². The van der Waals surface area contributed by atoms with Crippen LogP contribution in [-0.4, -0.2) is 5.25 Å². The van der Waals surface area contributed by atoms with Gasteiger partial charge in [-0.05, 0) is 5.41 Å². The van der Waals surface area contributed by atoms with E-state index >= 15 is 0 Å². The molecule has 1 heteroatoms. The minimum Gasteiger partial charge on any atom is -0.132 e. The van der Waals surface area contributed by atoms with Gasteiger partial charge in [0.15, 0.2) is 0 Å². The molecule has 0 nitrogen and oxygen atoms in total. The van der Waals surface area contributed by atoms with Crippen molar-refractivity contribution in [2.24, 2.45) is 0 Å². The molecule has 0 unspecified atom stereocenters. The summed E-state index contributed by atoms with van der Waals surface area (Å²) < 4.78 is 0. The Hall–Kier alpha value is 0.0900. The van der Waals surface area contributed by atoms with Crippen LogP contribution in [0.1, 0.15) is 60.8 Å². The number of thioether (sulfide) groups is 1. The molecule has 0 radical (unpaired) electrons. The molecule has 0 bridgehead atoms. The molecule has 0 N–H and O–H groups in total.